The maximum atomic E-state index is 5.30. The lowest BCUT2D eigenvalue weighted by Crippen LogP contribution is -1.96. The molecule has 90 heavy (non-hydrogen) atoms. The van der Waals surface area contributed by atoms with Gasteiger partial charge < -0.3 is 9.13 Å². The first-order valence-corrected chi connectivity index (χ1v) is 32.0. The molecule has 0 aliphatic carbocycles. The zero-order chi connectivity index (χ0) is 59.8. The molecule has 18 rings (SSSR count). The van der Waals surface area contributed by atoms with Crippen LogP contribution in [0.3, 0.4) is 0 Å². The van der Waals surface area contributed by atoms with E-state index in [1.54, 1.807) is 22.7 Å². The molecule has 0 N–H and O–H groups in total. The summed E-state index contributed by atoms with van der Waals surface area (Å²) in [6, 6.07) is 104. The van der Waals surface area contributed by atoms with E-state index in [4.69, 9.17) is 19.9 Å². The first kappa shape index (κ1) is 53.1. The van der Waals surface area contributed by atoms with Crippen molar-refractivity contribution in [1.29, 1.82) is 0 Å². The summed E-state index contributed by atoms with van der Waals surface area (Å²) in [4.78, 5) is 20.9. The average Bonchev–Trinajstić information content (AvgIpc) is 1.63. The molecule has 0 saturated carbocycles. The minimum atomic E-state index is 0.742. The molecule has 8 heteroatoms. The van der Waals surface area contributed by atoms with Gasteiger partial charge in [0.1, 0.15) is 0 Å². The molecule has 6 heterocycles. The number of rotatable bonds is 8. The predicted octanol–water partition coefficient (Wildman–Crippen LogP) is 22.5. The Balaban J connectivity index is 0.000000139. The van der Waals surface area contributed by atoms with Gasteiger partial charge in [0, 0.05) is 75.3 Å². The van der Waals surface area contributed by atoms with Crippen molar-refractivity contribution in [2.45, 2.75) is 13.8 Å². The zero-order valence-corrected chi connectivity index (χ0v) is 50.8. The number of para-hydroxylation sites is 4. The summed E-state index contributed by atoms with van der Waals surface area (Å²) in [5, 5.41) is 7.40. The second kappa shape index (κ2) is 21.9. The van der Waals surface area contributed by atoms with E-state index in [1.165, 1.54) is 91.6 Å². The summed E-state index contributed by atoms with van der Waals surface area (Å²) >= 11 is 3.55. The fraction of sp³-hybridized carbons (Fsp3) is 0.0244. The average molecular weight is 1190 g/mol. The van der Waals surface area contributed by atoms with Crippen LogP contribution in [0, 0.1) is 13.8 Å². The van der Waals surface area contributed by atoms with Crippen molar-refractivity contribution in [2.24, 2.45) is 0 Å². The summed E-state index contributed by atoms with van der Waals surface area (Å²) in [6.45, 7) is 4.30. The van der Waals surface area contributed by atoms with Gasteiger partial charge >= 0.3 is 0 Å². The number of thiophene rings is 2. The van der Waals surface area contributed by atoms with Crippen LogP contribution in [0.15, 0.2) is 291 Å². The largest absolute Gasteiger partial charge is 0.309 e. The van der Waals surface area contributed by atoms with Crippen LogP contribution in [0.25, 0.3) is 163 Å². The van der Waals surface area contributed by atoms with Crippen LogP contribution in [0.2, 0.25) is 0 Å². The van der Waals surface area contributed by atoms with Crippen molar-refractivity contribution in [1.82, 2.24) is 29.1 Å². The number of nitrogens with zero attached hydrogens (tertiary/aromatic N) is 6. The van der Waals surface area contributed by atoms with E-state index in [2.05, 4.69) is 296 Å². The molecular formula is C82H54N6S2. The Morgan fingerprint density at radius 3 is 1.18 bits per heavy atom. The number of aryl methyl sites for hydroxylation is 2. The van der Waals surface area contributed by atoms with Gasteiger partial charge in [-0.25, -0.2) is 19.9 Å². The molecule has 6 nitrogen and oxygen atoms in total. The van der Waals surface area contributed by atoms with Gasteiger partial charge in [0.2, 0.25) is 0 Å². The molecule has 0 radical (unpaired) electrons. The Morgan fingerprint density at radius 1 is 0.278 bits per heavy atom. The van der Waals surface area contributed by atoms with E-state index >= 15 is 0 Å². The maximum Gasteiger partial charge on any atom is 0.160 e. The van der Waals surface area contributed by atoms with Gasteiger partial charge in [0.05, 0.1) is 53.9 Å². The first-order chi connectivity index (χ1) is 44.5. The fourth-order valence-electron chi connectivity index (χ4n) is 13.3. The van der Waals surface area contributed by atoms with Crippen molar-refractivity contribution < 1.29 is 0 Å². The number of hydrogen-bond acceptors (Lipinski definition) is 6. The molecular weight excluding hydrogens is 1130 g/mol. The SMILES string of the molecule is Cc1cc(-c2cccc3sc4c(-c5ccccc5)nc(-c5ccccc5)nc4c23)cc(-n2c3ccccc3c3ccccc32)c1.Cc1cccc(-c2nc(-c3ccccc3)c3sc4cccc(-c5cccc(-n6c7ccccc7c7ccccc76)c5)c4c3n2)c1. The molecule has 0 fully saturated rings. The second-order valence-electron chi connectivity index (χ2n) is 23.0. The monoisotopic (exact) mass is 1190 g/mol. The molecule has 18 aromatic rings. The van der Waals surface area contributed by atoms with Gasteiger partial charge in [-0.15, -0.1) is 22.7 Å². The van der Waals surface area contributed by atoms with Crippen LogP contribution in [-0.4, -0.2) is 29.1 Å². The predicted molar refractivity (Wildman–Crippen MR) is 381 cm³/mol. The topological polar surface area (TPSA) is 61.4 Å². The van der Waals surface area contributed by atoms with E-state index in [0.29, 0.717) is 0 Å². The Hall–Kier alpha value is -11.2. The molecule has 0 amide bonds. The van der Waals surface area contributed by atoms with Gasteiger partial charge in [-0.05, 0) is 108 Å². The maximum absolute atomic E-state index is 5.30. The molecule has 0 spiro atoms. The number of aromatic nitrogens is 6. The van der Waals surface area contributed by atoms with Crippen LogP contribution < -0.4 is 0 Å². The zero-order valence-electron chi connectivity index (χ0n) is 49.2. The molecule has 12 aromatic carbocycles. The molecule has 0 bridgehead atoms. The van der Waals surface area contributed by atoms with Crippen molar-refractivity contribution in [2.75, 3.05) is 0 Å². The van der Waals surface area contributed by atoms with E-state index in [-0.39, 0.29) is 0 Å². The Kier molecular flexibility index (Phi) is 12.9. The molecule has 6 aromatic heterocycles. The third-order valence-electron chi connectivity index (χ3n) is 17.3. The van der Waals surface area contributed by atoms with Crippen molar-refractivity contribution in [3.05, 3.63) is 302 Å². The highest BCUT2D eigenvalue weighted by Gasteiger charge is 2.23. The third-order valence-corrected chi connectivity index (χ3v) is 19.6. The molecule has 0 atom stereocenters. The summed E-state index contributed by atoms with van der Waals surface area (Å²) in [6.07, 6.45) is 0. The van der Waals surface area contributed by atoms with Crippen LogP contribution >= 0.6 is 22.7 Å². The van der Waals surface area contributed by atoms with Gasteiger partial charge in [-0.3, -0.25) is 0 Å². The molecule has 0 aliphatic heterocycles. The van der Waals surface area contributed by atoms with E-state index < -0.39 is 0 Å². The molecule has 424 valence electrons. The lowest BCUT2D eigenvalue weighted by Gasteiger charge is -2.13. The van der Waals surface area contributed by atoms with Crippen molar-refractivity contribution in [3.63, 3.8) is 0 Å². The summed E-state index contributed by atoms with van der Waals surface area (Å²) in [5.41, 5.74) is 22.4. The Morgan fingerprint density at radius 2 is 0.667 bits per heavy atom. The Labute approximate surface area is 527 Å². The third kappa shape index (κ3) is 9.06. The minimum absolute atomic E-state index is 0.742. The van der Waals surface area contributed by atoms with E-state index in [1.807, 2.05) is 18.2 Å². The highest BCUT2D eigenvalue weighted by atomic mass is 32.1. The smallest absolute Gasteiger partial charge is 0.160 e. The van der Waals surface area contributed by atoms with E-state index in [9.17, 15) is 0 Å². The lowest BCUT2D eigenvalue weighted by atomic mass is 9.98. The lowest BCUT2D eigenvalue weighted by molar-refractivity contribution is 1.17. The summed E-state index contributed by atoms with van der Waals surface area (Å²) in [7, 11) is 0. The highest BCUT2D eigenvalue weighted by molar-refractivity contribution is 7.26. The Bertz CT molecular complexity index is 5710. The van der Waals surface area contributed by atoms with Gasteiger partial charge in [-0.1, -0.05) is 230 Å². The standard InChI is InChI=1S/2C41H27N3S/c1-26-23-29(25-30(24-26)44-34-20-10-8-17-32(34)33-18-9-11-21-35(33)44)31-19-12-22-36-37(31)39-40(45-36)38(27-13-4-2-5-14-27)42-41(43-39)28-15-6-3-7-16-28;1-26-12-9-16-29(24-26)41-42-38(27-13-3-2-4-14-27)40-39(43-41)37-31(20-11-23-36(37)45-40)28-15-10-17-30(25-28)44-34-21-7-5-18-32(34)33-19-6-8-22-35(33)44/h2*2-25H,1H3. The first-order valence-electron chi connectivity index (χ1n) is 30.4. The molecule has 0 aliphatic rings. The normalized spacial score (nSPS) is 11.7. The summed E-state index contributed by atoms with van der Waals surface area (Å²) < 4.78 is 9.41. The van der Waals surface area contributed by atoms with Gasteiger partial charge in [-0.2, -0.15) is 0 Å². The number of fused-ring (bicyclic) bond motifs is 12. The van der Waals surface area contributed by atoms with Crippen LogP contribution in [0.4, 0.5) is 0 Å². The number of benzene rings is 12. The quantitative estimate of drug-likeness (QED) is 0.152. The van der Waals surface area contributed by atoms with Crippen molar-refractivity contribution >= 4 is 107 Å². The van der Waals surface area contributed by atoms with Crippen LogP contribution in [0.5, 0.6) is 0 Å². The summed E-state index contributed by atoms with van der Waals surface area (Å²) in [5.74, 6) is 1.49. The van der Waals surface area contributed by atoms with Crippen LogP contribution in [-0.2, 0) is 0 Å². The number of hydrogen-bond donors (Lipinski definition) is 0. The minimum Gasteiger partial charge on any atom is -0.309 e. The molecule has 0 unspecified atom stereocenters. The molecule has 0 saturated heterocycles. The van der Waals surface area contributed by atoms with Crippen LogP contribution in [0.1, 0.15) is 11.1 Å². The second-order valence-corrected chi connectivity index (χ2v) is 25.1. The van der Waals surface area contributed by atoms with Gasteiger partial charge in [0.25, 0.3) is 0 Å². The fourth-order valence-corrected chi connectivity index (χ4v) is 15.7. The highest BCUT2D eigenvalue weighted by Crippen LogP contribution is 2.47. The van der Waals surface area contributed by atoms with E-state index in [0.717, 1.165) is 82.7 Å². The van der Waals surface area contributed by atoms with Gasteiger partial charge in [0.15, 0.2) is 11.6 Å². The van der Waals surface area contributed by atoms with Crippen molar-refractivity contribution in [3.8, 4) is 78.9 Å².